The van der Waals surface area contributed by atoms with Gasteiger partial charge in [0.05, 0.1) is 27.5 Å². The molecule has 0 spiro atoms. The van der Waals surface area contributed by atoms with Gasteiger partial charge in [-0.05, 0) is 49.4 Å². The number of carbonyl (C=O) groups excluding carboxylic acids is 1. The Kier molecular flexibility index (Phi) is 4.14. The van der Waals surface area contributed by atoms with Crippen molar-refractivity contribution in [3.8, 4) is 11.2 Å². The number of nitrogens with one attached hydrogen (secondary N) is 1. The van der Waals surface area contributed by atoms with E-state index in [9.17, 15) is 9.18 Å². The van der Waals surface area contributed by atoms with Crippen molar-refractivity contribution in [3.05, 3.63) is 71.2 Å². The van der Waals surface area contributed by atoms with Crippen LogP contribution >= 0.6 is 11.3 Å². The molecule has 0 bridgehead atoms. The Morgan fingerprint density at radius 1 is 1.22 bits per heavy atom. The molecule has 0 unspecified atom stereocenters. The lowest BCUT2D eigenvalue weighted by molar-refractivity contribution is 0.102. The number of aromatic nitrogens is 3. The number of hydrogen-bond donors (Lipinski definition) is 1. The first-order valence-corrected chi connectivity index (χ1v) is 8.80. The molecule has 0 atom stereocenters. The van der Waals surface area contributed by atoms with Crippen LogP contribution in [0.4, 0.5) is 10.2 Å². The van der Waals surface area contributed by atoms with Crippen LogP contribution in [0.3, 0.4) is 0 Å². The maximum Gasteiger partial charge on any atom is 0.256 e. The molecule has 27 heavy (non-hydrogen) atoms. The quantitative estimate of drug-likeness (QED) is 0.584. The number of carbonyl (C=O) groups is 1. The van der Waals surface area contributed by atoms with E-state index >= 15 is 0 Å². The summed E-state index contributed by atoms with van der Waals surface area (Å²) in [5, 5.41) is 16.6. The maximum atomic E-state index is 13.4. The summed E-state index contributed by atoms with van der Waals surface area (Å²) in [7, 11) is 0. The van der Waals surface area contributed by atoms with Crippen LogP contribution in [-0.4, -0.2) is 20.7 Å². The van der Waals surface area contributed by atoms with E-state index in [1.165, 1.54) is 28.2 Å². The van der Waals surface area contributed by atoms with Crippen molar-refractivity contribution in [1.29, 1.82) is 5.26 Å². The van der Waals surface area contributed by atoms with Crippen molar-refractivity contribution in [2.45, 2.75) is 6.92 Å². The number of nitrogens with zero attached hydrogens (tertiary/aromatic N) is 4. The van der Waals surface area contributed by atoms with E-state index in [-0.39, 0.29) is 11.7 Å². The predicted molar refractivity (Wildman–Crippen MR) is 101 cm³/mol. The number of halogens is 1. The number of aryl methyl sites for hydroxylation is 1. The van der Waals surface area contributed by atoms with Crippen LogP contribution in [0.25, 0.3) is 15.3 Å². The van der Waals surface area contributed by atoms with Crippen molar-refractivity contribution in [3.63, 3.8) is 0 Å². The van der Waals surface area contributed by atoms with E-state index < -0.39 is 0 Å². The third-order valence-electron chi connectivity index (χ3n) is 3.87. The molecule has 0 aliphatic rings. The third kappa shape index (κ3) is 3.28. The largest absolute Gasteiger partial charge is 0.306 e. The van der Waals surface area contributed by atoms with Gasteiger partial charge in [0.2, 0.25) is 5.13 Å². The normalized spacial score (nSPS) is 10.7. The number of anilines is 1. The monoisotopic (exact) mass is 377 g/mol. The minimum Gasteiger partial charge on any atom is -0.306 e. The van der Waals surface area contributed by atoms with Gasteiger partial charge < -0.3 is 5.32 Å². The highest BCUT2D eigenvalue weighted by atomic mass is 32.1. The molecule has 0 saturated carbocycles. The number of hydrogen-bond acceptors (Lipinski definition) is 5. The molecular formula is C19H12FN5OS. The van der Waals surface area contributed by atoms with E-state index in [0.29, 0.717) is 38.0 Å². The summed E-state index contributed by atoms with van der Waals surface area (Å²) in [6.45, 7) is 1.81. The standard InChI is InChI=1S/C19H12FN5OS/c1-11-8-17(23-18(26)13-4-2-12(10-21)3-5-13)25(24-11)19-22-15-7-6-14(20)9-16(15)27-19/h2-9H,1H3,(H,23,26). The van der Waals surface area contributed by atoms with Gasteiger partial charge in [0.1, 0.15) is 11.6 Å². The second-order valence-electron chi connectivity index (χ2n) is 5.83. The lowest BCUT2D eigenvalue weighted by Crippen LogP contribution is -2.15. The number of thiazole rings is 1. The Morgan fingerprint density at radius 3 is 2.74 bits per heavy atom. The molecule has 0 aliphatic heterocycles. The van der Waals surface area contributed by atoms with E-state index in [1.54, 1.807) is 43.3 Å². The minimum absolute atomic E-state index is 0.326. The molecule has 0 fully saturated rings. The number of fused-ring (bicyclic) bond motifs is 1. The SMILES string of the molecule is Cc1cc(NC(=O)c2ccc(C#N)cc2)n(-c2nc3ccc(F)cc3s2)n1. The van der Waals surface area contributed by atoms with Crippen LogP contribution in [0.2, 0.25) is 0 Å². The molecule has 2 aromatic carbocycles. The highest BCUT2D eigenvalue weighted by Crippen LogP contribution is 2.28. The smallest absolute Gasteiger partial charge is 0.256 e. The van der Waals surface area contributed by atoms with Crippen LogP contribution in [0, 0.1) is 24.1 Å². The van der Waals surface area contributed by atoms with Gasteiger partial charge in [-0.3, -0.25) is 4.79 Å². The molecule has 0 saturated heterocycles. The van der Waals surface area contributed by atoms with Crippen LogP contribution in [0.15, 0.2) is 48.5 Å². The van der Waals surface area contributed by atoms with E-state index in [4.69, 9.17) is 5.26 Å². The van der Waals surface area contributed by atoms with Gasteiger partial charge in [-0.1, -0.05) is 11.3 Å². The molecule has 6 nitrogen and oxygen atoms in total. The van der Waals surface area contributed by atoms with Crippen molar-refractivity contribution in [2.75, 3.05) is 5.32 Å². The Hall–Kier alpha value is -3.57. The number of amides is 1. The average Bonchev–Trinajstić information content (AvgIpc) is 3.24. The molecule has 0 aliphatic carbocycles. The summed E-state index contributed by atoms with van der Waals surface area (Å²) in [5.74, 6) is -0.196. The van der Waals surface area contributed by atoms with Crippen LogP contribution < -0.4 is 5.32 Å². The first-order valence-electron chi connectivity index (χ1n) is 7.98. The molecule has 8 heteroatoms. The van der Waals surface area contributed by atoms with Gasteiger partial charge in [0.25, 0.3) is 5.91 Å². The fourth-order valence-electron chi connectivity index (χ4n) is 2.60. The molecule has 132 valence electrons. The molecule has 4 rings (SSSR count). The zero-order valence-corrected chi connectivity index (χ0v) is 14.9. The number of rotatable bonds is 3. The molecule has 4 aromatic rings. The summed E-state index contributed by atoms with van der Waals surface area (Å²) >= 11 is 1.28. The van der Waals surface area contributed by atoms with Crippen molar-refractivity contribution < 1.29 is 9.18 Å². The van der Waals surface area contributed by atoms with Gasteiger partial charge >= 0.3 is 0 Å². The number of nitriles is 1. The third-order valence-corrected chi connectivity index (χ3v) is 4.86. The second kappa shape index (κ2) is 6.63. The van der Waals surface area contributed by atoms with Crippen molar-refractivity contribution >= 4 is 33.3 Å². The van der Waals surface area contributed by atoms with E-state index in [0.717, 1.165) is 0 Å². The Labute approximate surface area is 157 Å². The summed E-state index contributed by atoms with van der Waals surface area (Å²) in [4.78, 5) is 17.0. The van der Waals surface area contributed by atoms with Gasteiger partial charge in [0, 0.05) is 11.6 Å². The first kappa shape index (κ1) is 16.9. The number of benzene rings is 2. The summed E-state index contributed by atoms with van der Waals surface area (Å²) in [5.41, 5.74) is 2.27. The van der Waals surface area contributed by atoms with Crippen LogP contribution in [0.5, 0.6) is 0 Å². The molecule has 1 amide bonds. The maximum absolute atomic E-state index is 13.4. The topological polar surface area (TPSA) is 83.6 Å². The average molecular weight is 377 g/mol. The van der Waals surface area contributed by atoms with Crippen LogP contribution in [0.1, 0.15) is 21.6 Å². The van der Waals surface area contributed by atoms with Gasteiger partial charge in [-0.2, -0.15) is 15.0 Å². The van der Waals surface area contributed by atoms with E-state index in [2.05, 4.69) is 15.4 Å². The van der Waals surface area contributed by atoms with Crippen molar-refractivity contribution in [2.24, 2.45) is 0 Å². The fraction of sp³-hybridized carbons (Fsp3) is 0.0526. The van der Waals surface area contributed by atoms with Gasteiger partial charge in [-0.25, -0.2) is 9.37 Å². The highest BCUT2D eigenvalue weighted by Gasteiger charge is 2.15. The van der Waals surface area contributed by atoms with Crippen molar-refractivity contribution in [1.82, 2.24) is 14.8 Å². The highest BCUT2D eigenvalue weighted by molar-refractivity contribution is 7.20. The zero-order chi connectivity index (χ0) is 19.0. The summed E-state index contributed by atoms with van der Waals surface area (Å²) < 4.78 is 15.6. The Bertz CT molecular complexity index is 1200. The first-order chi connectivity index (χ1) is 13.0. The lowest BCUT2D eigenvalue weighted by Gasteiger charge is -2.06. The summed E-state index contributed by atoms with van der Waals surface area (Å²) in [6.07, 6.45) is 0. The minimum atomic E-state index is -0.330. The molecule has 2 heterocycles. The van der Waals surface area contributed by atoms with Gasteiger partial charge in [-0.15, -0.1) is 0 Å². The molecule has 1 N–H and O–H groups in total. The predicted octanol–water partition coefficient (Wildman–Crippen LogP) is 4.05. The van der Waals surface area contributed by atoms with Crippen LogP contribution in [-0.2, 0) is 0 Å². The second-order valence-corrected chi connectivity index (χ2v) is 6.84. The summed E-state index contributed by atoms with van der Waals surface area (Å²) in [6, 6.07) is 14.5. The Balaban J connectivity index is 1.67. The zero-order valence-electron chi connectivity index (χ0n) is 14.1. The molecule has 2 aromatic heterocycles. The van der Waals surface area contributed by atoms with E-state index in [1.807, 2.05) is 6.07 Å². The Morgan fingerprint density at radius 2 is 2.00 bits per heavy atom. The van der Waals surface area contributed by atoms with Gasteiger partial charge in [0.15, 0.2) is 0 Å². The lowest BCUT2D eigenvalue weighted by atomic mass is 10.1. The molecular weight excluding hydrogens is 365 g/mol. The fourth-order valence-corrected chi connectivity index (χ4v) is 3.55. The molecule has 0 radical (unpaired) electrons.